The van der Waals surface area contributed by atoms with E-state index in [9.17, 15) is 14.7 Å². The molecule has 2 atom stereocenters. The summed E-state index contributed by atoms with van der Waals surface area (Å²) in [5.41, 5.74) is -1.07. The van der Waals surface area contributed by atoms with Gasteiger partial charge in [-0.05, 0) is 59.0 Å². The molecule has 0 aromatic heterocycles. The average Bonchev–Trinajstić information content (AvgIpc) is 2.91. The highest BCUT2D eigenvalue weighted by molar-refractivity contribution is 5.86. The van der Waals surface area contributed by atoms with E-state index < -0.39 is 11.5 Å². The first-order valence-corrected chi connectivity index (χ1v) is 7.97. The smallest absolute Gasteiger partial charge is 0.329 e. The minimum atomic E-state index is -1.07. The SMILES string of the molecule is CC(CN1CCCC1)NC(=O)N1CCCCC1(C)C(=O)O. The third-order valence-corrected chi connectivity index (χ3v) is 4.70. The third-order valence-electron chi connectivity index (χ3n) is 4.70. The number of carboxylic acid groups (broad SMARTS) is 1. The summed E-state index contributed by atoms with van der Waals surface area (Å²) >= 11 is 0. The number of carbonyl (C=O) groups excluding carboxylic acids is 1. The van der Waals surface area contributed by atoms with Crippen molar-refractivity contribution < 1.29 is 14.7 Å². The first-order valence-electron chi connectivity index (χ1n) is 7.97. The lowest BCUT2D eigenvalue weighted by Gasteiger charge is -2.42. The van der Waals surface area contributed by atoms with Gasteiger partial charge >= 0.3 is 12.0 Å². The van der Waals surface area contributed by atoms with Gasteiger partial charge in [0.25, 0.3) is 0 Å². The van der Waals surface area contributed by atoms with Gasteiger partial charge < -0.3 is 20.2 Å². The molecule has 0 spiro atoms. The van der Waals surface area contributed by atoms with Crippen LogP contribution in [-0.2, 0) is 4.79 Å². The van der Waals surface area contributed by atoms with Crippen LogP contribution in [0.25, 0.3) is 0 Å². The molecule has 2 aliphatic heterocycles. The van der Waals surface area contributed by atoms with Crippen molar-refractivity contribution >= 4 is 12.0 Å². The van der Waals surface area contributed by atoms with Crippen molar-refractivity contribution in [3.05, 3.63) is 0 Å². The van der Waals surface area contributed by atoms with Crippen LogP contribution in [0.4, 0.5) is 4.79 Å². The molecule has 2 unspecified atom stereocenters. The molecule has 0 aromatic rings. The molecule has 0 saturated carbocycles. The molecule has 0 aromatic carbocycles. The lowest BCUT2D eigenvalue weighted by atomic mass is 9.89. The summed E-state index contributed by atoms with van der Waals surface area (Å²) in [6, 6.07) is -0.207. The van der Waals surface area contributed by atoms with E-state index in [0.29, 0.717) is 13.0 Å². The Hall–Kier alpha value is -1.30. The molecular weight excluding hydrogens is 270 g/mol. The molecule has 2 N–H and O–H groups in total. The Labute approximate surface area is 126 Å². The van der Waals surface area contributed by atoms with Crippen LogP contribution in [0.2, 0.25) is 0 Å². The molecule has 120 valence electrons. The van der Waals surface area contributed by atoms with E-state index in [1.165, 1.54) is 17.7 Å². The van der Waals surface area contributed by atoms with Crippen LogP contribution in [0.15, 0.2) is 0 Å². The first kappa shape index (κ1) is 16.1. The lowest BCUT2D eigenvalue weighted by molar-refractivity contribution is -0.150. The predicted octanol–water partition coefficient (Wildman–Crippen LogP) is 1.51. The van der Waals surface area contributed by atoms with Crippen LogP contribution >= 0.6 is 0 Å². The molecule has 2 saturated heterocycles. The quantitative estimate of drug-likeness (QED) is 0.825. The summed E-state index contributed by atoms with van der Waals surface area (Å²) in [7, 11) is 0. The third kappa shape index (κ3) is 3.67. The largest absolute Gasteiger partial charge is 0.480 e. The number of piperidine rings is 1. The molecule has 2 aliphatic rings. The van der Waals surface area contributed by atoms with Gasteiger partial charge in [-0.25, -0.2) is 9.59 Å². The normalized spacial score (nSPS) is 28.4. The van der Waals surface area contributed by atoms with Gasteiger partial charge in [0.1, 0.15) is 5.54 Å². The average molecular weight is 297 g/mol. The van der Waals surface area contributed by atoms with Gasteiger partial charge in [-0.2, -0.15) is 0 Å². The van der Waals surface area contributed by atoms with Gasteiger partial charge in [0.2, 0.25) is 0 Å². The Kier molecular flexibility index (Phi) is 5.08. The second-order valence-electron chi connectivity index (χ2n) is 6.55. The van der Waals surface area contributed by atoms with E-state index in [1.807, 2.05) is 6.92 Å². The minimum Gasteiger partial charge on any atom is -0.480 e. The molecule has 6 heteroatoms. The van der Waals surface area contributed by atoms with Crippen LogP contribution in [-0.4, -0.2) is 64.7 Å². The van der Waals surface area contributed by atoms with Gasteiger partial charge in [0.05, 0.1) is 0 Å². The standard InChI is InChI=1S/C15H27N3O3/c1-12(11-17-8-5-6-9-17)16-14(21)18-10-4-3-7-15(18,2)13(19)20/h12H,3-11H2,1-2H3,(H,16,21)(H,19,20). The Balaban J connectivity index is 1.92. The van der Waals surface area contributed by atoms with E-state index in [2.05, 4.69) is 10.2 Å². The van der Waals surface area contributed by atoms with E-state index in [1.54, 1.807) is 6.92 Å². The van der Waals surface area contributed by atoms with Crippen LogP contribution in [0.3, 0.4) is 0 Å². The molecular formula is C15H27N3O3. The highest BCUT2D eigenvalue weighted by Gasteiger charge is 2.44. The number of likely N-dealkylation sites (tertiary alicyclic amines) is 2. The first-order chi connectivity index (χ1) is 9.93. The van der Waals surface area contributed by atoms with E-state index in [4.69, 9.17) is 0 Å². The second-order valence-corrected chi connectivity index (χ2v) is 6.55. The zero-order valence-electron chi connectivity index (χ0n) is 13.1. The summed E-state index contributed by atoms with van der Waals surface area (Å²) in [5, 5.41) is 12.4. The zero-order valence-corrected chi connectivity index (χ0v) is 13.1. The number of hydrogen-bond acceptors (Lipinski definition) is 3. The van der Waals surface area contributed by atoms with Crippen molar-refractivity contribution in [3.8, 4) is 0 Å². The van der Waals surface area contributed by atoms with Gasteiger partial charge in [0.15, 0.2) is 0 Å². The molecule has 0 aliphatic carbocycles. The molecule has 2 amide bonds. The summed E-state index contributed by atoms with van der Waals surface area (Å²) in [4.78, 5) is 27.8. The maximum Gasteiger partial charge on any atom is 0.329 e. The van der Waals surface area contributed by atoms with Crippen LogP contribution in [0, 0.1) is 0 Å². The lowest BCUT2D eigenvalue weighted by Crippen LogP contribution is -2.61. The summed E-state index contributed by atoms with van der Waals surface area (Å²) in [6.07, 6.45) is 4.71. The minimum absolute atomic E-state index is 0.0376. The molecule has 2 heterocycles. The number of carboxylic acids is 1. The summed E-state index contributed by atoms with van der Waals surface area (Å²) in [6.45, 7) is 7.18. The van der Waals surface area contributed by atoms with Crippen LogP contribution < -0.4 is 5.32 Å². The van der Waals surface area contributed by atoms with E-state index >= 15 is 0 Å². The highest BCUT2D eigenvalue weighted by atomic mass is 16.4. The maximum absolute atomic E-state index is 12.4. The monoisotopic (exact) mass is 297 g/mol. The van der Waals surface area contributed by atoms with Crippen molar-refractivity contribution in [3.63, 3.8) is 0 Å². The molecule has 0 radical (unpaired) electrons. The fraction of sp³-hybridized carbons (Fsp3) is 0.867. The molecule has 0 bridgehead atoms. The van der Waals surface area contributed by atoms with Crippen molar-refractivity contribution in [2.75, 3.05) is 26.2 Å². The number of carbonyl (C=O) groups is 2. The van der Waals surface area contributed by atoms with Crippen molar-refractivity contribution in [1.82, 2.24) is 15.1 Å². The number of urea groups is 1. The van der Waals surface area contributed by atoms with Crippen LogP contribution in [0.1, 0.15) is 46.0 Å². The Morgan fingerprint density at radius 3 is 2.43 bits per heavy atom. The number of hydrogen-bond donors (Lipinski definition) is 2. The number of rotatable bonds is 4. The number of amides is 2. The second kappa shape index (κ2) is 6.64. The van der Waals surface area contributed by atoms with Crippen molar-refractivity contribution in [2.24, 2.45) is 0 Å². The van der Waals surface area contributed by atoms with Crippen molar-refractivity contribution in [2.45, 2.75) is 57.5 Å². The molecule has 2 rings (SSSR count). The molecule has 6 nitrogen and oxygen atoms in total. The number of aliphatic carboxylic acids is 1. The fourth-order valence-corrected chi connectivity index (χ4v) is 3.36. The van der Waals surface area contributed by atoms with Gasteiger partial charge in [-0.3, -0.25) is 0 Å². The molecule has 2 fully saturated rings. The zero-order chi connectivity index (χ0) is 15.5. The van der Waals surface area contributed by atoms with Gasteiger partial charge in [-0.15, -0.1) is 0 Å². The predicted molar refractivity (Wildman–Crippen MR) is 80.3 cm³/mol. The maximum atomic E-state index is 12.4. The van der Waals surface area contributed by atoms with Gasteiger partial charge in [0, 0.05) is 19.1 Å². The Bertz CT molecular complexity index is 396. The molecule has 21 heavy (non-hydrogen) atoms. The fourth-order valence-electron chi connectivity index (χ4n) is 3.36. The van der Waals surface area contributed by atoms with E-state index in [0.717, 1.165) is 32.5 Å². The topological polar surface area (TPSA) is 72.9 Å². The summed E-state index contributed by atoms with van der Waals surface area (Å²) in [5.74, 6) is -0.912. The van der Waals surface area contributed by atoms with E-state index in [-0.39, 0.29) is 12.1 Å². The highest BCUT2D eigenvalue weighted by Crippen LogP contribution is 2.28. The summed E-state index contributed by atoms with van der Waals surface area (Å²) < 4.78 is 0. The van der Waals surface area contributed by atoms with Crippen molar-refractivity contribution in [1.29, 1.82) is 0 Å². The number of nitrogens with one attached hydrogen (secondary N) is 1. The Morgan fingerprint density at radius 1 is 1.19 bits per heavy atom. The number of nitrogens with zero attached hydrogens (tertiary/aromatic N) is 2. The van der Waals surface area contributed by atoms with Crippen LogP contribution in [0.5, 0.6) is 0 Å². The van der Waals surface area contributed by atoms with Gasteiger partial charge in [-0.1, -0.05) is 0 Å². The Morgan fingerprint density at radius 2 is 1.81 bits per heavy atom.